The van der Waals surface area contributed by atoms with E-state index in [1.807, 2.05) is 0 Å². The SMILES string of the molecule is CN(Cc1noc(C2CC2)n1)C1CCNCC1. The highest BCUT2D eigenvalue weighted by molar-refractivity contribution is 5.01. The van der Waals surface area contributed by atoms with Crippen molar-refractivity contribution in [3.05, 3.63) is 11.7 Å². The maximum Gasteiger partial charge on any atom is 0.229 e. The minimum absolute atomic E-state index is 0.556. The molecule has 1 aliphatic carbocycles. The van der Waals surface area contributed by atoms with Gasteiger partial charge in [0.05, 0.1) is 6.54 Å². The van der Waals surface area contributed by atoms with Crippen molar-refractivity contribution in [2.75, 3.05) is 20.1 Å². The van der Waals surface area contributed by atoms with E-state index in [1.165, 1.54) is 25.7 Å². The molecular weight excluding hydrogens is 216 g/mol. The standard InChI is InChI=1S/C12H20N4O/c1-16(10-4-6-13-7-5-10)8-11-14-12(17-15-11)9-2-3-9/h9-10,13H,2-8H2,1H3. The Balaban J connectivity index is 1.56. The predicted molar refractivity (Wildman–Crippen MR) is 63.6 cm³/mol. The van der Waals surface area contributed by atoms with E-state index in [0.717, 1.165) is 31.3 Å². The van der Waals surface area contributed by atoms with Gasteiger partial charge in [0, 0.05) is 12.0 Å². The number of rotatable bonds is 4. The zero-order chi connectivity index (χ0) is 11.7. The molecule has 2 heterocycles. The molecule has 0 bridgehead atoms. The number of hydrogen-bond donors (Lipinski definition) is 1. The quantitative estimate of drug-likeness (QED) is 0.849. The van der Waals surface area contributed by atoms with Gasteiger partial charge in [-0.3, -0.25) is 4.90 Å². The topological polar surface area (TPSA) is 54.2 Å². The lowest BCUT2D eigenvalue weighted by molar-refractivity contribution is 0.186. The number of piperidine rings is 1. The van der Waals surface area contributed by atoms with Crippen LogP contribution in [0.15, 0.2) is 4.52 Å². The van der Waals surface area contributed by atoms with E-state index in [4.69, 9.17) is 4.52 Å². The molecule has 1 saturated carbocycles. The molecule has 2 aliphatic rings. The second-order valence-electron chi connectivity index (χ2n) is 5.22. The van der Waals surface area contributed by atoms with Crippen molar-refractivity contribution in [1.29, 1.82) is 0 Å². The highest BCUT2D eigenvalue weighted by Crippen LogP contribution is 2.38. The van der Waals surface area contributed by atoms with Crippen molar-refractivity contribution >= 4 is 0 Å². The molecule has 0 radical (unpaired) electrons. The Kier molecular flexibility index (Phi) is 3.11. The number of aromatic nitrogens is 2. The predicted octanol–water partition coefficient (Wildman–Crippen LogP) is 1.13. The first-order valence-electron chi connectivity index (χ1n) is 6.56. The number of nitrogens with zero attached hydrogens (tertiary/aromatic N) is 3. The highest BCUT2D eigenvalue weighted by atomic mass is 16.5. The summed E-state index contributed by atoms with van der Waals surface area (Å²) in [5.74, 6) is 2.24. The Morgan fingerprint density at radius 1 is 1.29 bits per heavy atom. The summed E-state index contributed by atoms with van der Waals surface area (Å²) >= 11 is 0. The fourth-order valence-electron chi connectivity index (χ4n) is 2.43. The first-order valence-corrected chi connectivity index (χ1v) is 6.56. The maximum atomic E-state index is 5.28. The van der Waals surface area contributed by atoms with Gasteiger partial charge in [-0.15, -0.1) is 0 Å². The van der Waals surface area contributed by atoms with Gasteiger partial charge in [-0.25, -0.2) is 0 Å². The Morgan fingerprint density at radius 3 is 2.76 bits per heavy atom. The zero-order valence-electron chi connectivity index (χ0n) is 10.4. The van der Waals surface area contributed by atoms with Crippen LogP contribution in [0.4, 0.5) is 0 Å². The lowest BCUT2D eigenvalue weighted by atomic mass is 10.1. The second-order valence-corrected chi connectivity index (χ2v) is 5.22. The van der Waals surface area contributed by atoms with Gasteiger partial charge in [0.15, 0.2) is 5.82 Å². The van der Waals surface area contributed by atoms with Crippen molar-refractivity contribution in [3.63, 3.8) is 0 Å². The van der Waals surface area contributed by atoms with Crippen LogP contribution < -0.4 is 5.32 Å². The van der Waals surface area contributed by atoms with Crippen molar-refractivity contribution in [3.8, 4) is 0 Å². The van der Waals surface area contributed by atoms with Gasteiger partial charge in [-0.2, -0.15) is 4.98 Å². The van der Waals surface area contributed by atoms with Crippen molar-refractivity contribution in [1.82, 2.24) is 20.4 Å². The van der Waals surface area contributed by atoms with Crippen molar-refractivity contribution in [2.24, 2.45) is 0 Å². The summed E-state index contributed by atoms with van der Waals surface area (Å²) in [6.07, 6.45) is 4.85. The third-order valence-electron chi connectivity index (χ3n) is 3.73. The molecule has 1 aromatic rings. The van der Waals surface area contributed by atoms with Crippen LogP contribution in [-0.2, 0) is 6.54 Å². The molecular formula is C12H20N4O. The van der Waals surface area contributed by atoms with Crippen molar-refractivity contribution in [2.45, 2.75) is 44.2 Å². The summed E-state index contributed by atoms with van der Waals surface area (Å²) in [5.41, 5.74) is 0. The molecule has 2 fully saturated rings. The van der Waals surface area contributed by atoms with Crippen LogP contribution in [0.2, 0.25) is 0 Å². The smallest absolute Gasteiger partial charge is 0.229 e. The summed E-state index contributed by atoms with van der Waals surface area (Å²) in [6, 6.07) is 0.652. The fraction of sp³-hybridized carbons (Fsp3) is 0.833. The largest absolute Gasteiger partial charge is 0.339 e. The summed E-state index contributed by atoms with van der Waals surface area (Å²) in [4.78, 5) is 6.82. The maximum absolute atomic E-state index is 5.28. The van der Waals surface area contributed by atoms with E-state index in [0.29, 0.717) is 12.0 Å². The first-order chi connectivity index (χ1) is 8.33. The van der Waals surface area contributed by atoms with E-state index in [-0.39, 0.29) is 0 Å². The van der Waals surface area contributed by atoms with Crippen LogP contribution in [0.3, 0.4) is 0 Å². The van der Waals surface area contributed by atoms with Crippen LogP contribution >= 0.6 is 0 Å². The van der Waals surface area contributed by atoms with Gasteiger partial charge in [0.1, 0.15) is 0 Å². The van der Waals surface area contributed by atoms with E-state index >= 15 is 0 Å². The lowest BCUT2D eigenvalue weighted by Gasteiger charge is -2.30. The molecule has 0 aromatic carbocycles. The van der Waals surface area contributed by atoms with E-state index in [9.17, 15) is 0 Å². The van der Waals surface area contributed by atoms with Gasteiger partial charge < -0.3 is 9.84 Å². The molecule has 94 valence electrons. The van der Waals surface area contributed by atoms with Gasteiger partial charge >= 0.3 is 0 Å². The van der Waals surface area contributed by atoms with Crippen molar-refractivity contribution < 1.29 is 4.52 Å². The Bertz CT molecular complexity index is 368. The molecule has 1 N–H and O–H groups in total. The number of hydrogen-bond acceptors (Lipinski definition) is 5. The molecule has 0 unspecified atom stereocenters. The fourth-order valence-corrected chi connectivity index (χ4v) is 2.43. The molecule has 1 aromatic heterocycles. The van der Waals surface area contributed by atoms with E-state index in [2.05, 4.69) is 27.4 Å². The minimum atomic E-state index is 0.556. The Morgan fingerprint density at radius 2 is 2.06 bits per heavy atom. The molecule has 17 heavy (non-hydrogen) atoms. The molecule has 3 rings (SSSR count). The van der Waals surface area contributed by atoms with Gasteiger partial charge in [0.25, 0.3) is 0 Å². The normalized spacial score (nSPS) is 22.2. The van der Waals surface area contributed by atoms with Crippen LogP contribution in [0.5, 0.6) is 0 Å². The third kappa shape index (κ3) is 2.66. The highest BCUT2D eigenvalue weighted by Gasteiger charge is 2.30. The lowest BCUT2D eigenvalue weighted by Crippen LogP contribution is -2.40. The summed E-state index contributed by atoms with van der Waals surface area (Å²) in [7, 11) is 2.16. The monoisotopic (exact) mass is 236 g/mol. The number of nitrogens with one attached hydrogen (secondary N) is 1. The molecule has 1 aliphatic heterocycles. The molecule has 0 atom stereocenters. The average Bonchev–Trinajstić information content (AvgIpc) is 3.12. The minimum Gasteiger partial charge on any atom is -0.339 e. The Hall–Kier alpha value is -0.940. The summed E-state index contributed by atoms with van der Waals surface area (Å²) < 4.78 is 5.28. The van der Waals surface area contributed by atoms with Gasteiger partial charge in [0.2, 0.25) is 5.89 Å². The average molecular weight is 236 g/mol. The molecule has 1 saturated heterocycles. The van der Waals surface area contributed by atoms with Crippen LogP contribution in [0, 0.1) is 0 Å². The van der Waals surface area contributed by atoms with Gasteiger partial charge in [-0.1, -0.05) is 5.16 Å². The first kappa shape index (κ1) is 11.2. The summed E-state index contributed by atoms with van der Waals surface area (Å²) in [5, 5.41) is 7.45. The molecule has 0 spiro atoms. The molecule has 0 amide bonds. The van der Waals surface area contributed by atoms with Gasteiger partial charge in [-0.05, 0) is 45.8 Å². The third-order valence-corrected chi connectivity index (χ3v) is 3.73. The van der Waals surface area contributed by atoms with E-state index in [1.54, 1.807) is 0 Å². The zero-order valence-corrected chi connectivity index (χ0v) is 10.4. The van der Waals surface area contributed by atoms with Crippen LogP contribution in [-0.4, -0.2) is 41.2 Å². The van der Waals surface area contributed by atoms with Crippen LogP contribution in [0.25, 0.3) is 0 Å². The van der Waals surface area contributed by atoms with Crippen LogP contribution in [0.1, 0.15) is 43.3 Å². The van der Waals surface area contributed by atoms with E-state index < -0.39 is 0 Å². The second kappa shape index (κ2) is 4.74. The Labute approximate surface area is 102 Å². The molecule has 5 heteroatoms. The molecule has 5 nitrogen and oxygen atoms in total. The summed E-state index contributed by atoms with van der Waals surface area (Å²) in [6.45, 7) is 3.05.